The van der Waals surface area contributed by atoms with Crippen LogP contribution in [0.4, 0.5) is 69.7 Å². The second-order valence-electron chi connectivity index (χ2n) is 15.4. The van der Waals surface area contributed by atoms with Gasteiger partial charge in [0.25, 0.3) is 10.1 Å². The molecular weight excluding hydrogens is 1100 g/mol. The van der Waals surface area contributed by atoms with Gasteiger partial charge in [0.05, 0.1) is 48.3 Å². The van der Waals surface area contributed by atoms with E-state index in [1.807, 2.05) is 49.5 Å². The van der Waals surface area contributed by atoms with Crippen LogP contribution < -0.4 is 35.2 Å². The summed E-state index contributed by atoms with van der Waals surface area (Å²) in [6, 6.07) is 27.6. The largest absolute Gasteiger partial charge is 2.00 e. The number of methoxy groups -OCH3 is 2. The molecule has 6 rings (SSSR count). The van der Waals surface area contributed by atoms with Crippen LogP contribution >= 0.6 is 7.92 Å². The molecule has 0 atom stereocenters. The van der Waals surface area contributed by atoms with Crippen molar-refractivity contribution in [3.8, 4) is 33.8 Å². The zero-order chi connectivity index (χ0) is 52.7. The Kier molecular flexibility index (Phi) is 20.0. The van der Waals surface area contributed by atoms with Crippen molar-refractivity contribution >= 4 is 51.0 Å². The Morgan fingerprint density at radius 1 is 0.577 bits per heavy atom. The molecule has 0 bridgehead atoms. The second kappa shape index (κ2) is 23.8. The molecule has 0 aromatic heterocycles. The summed E-state index contributed by atoms with van der Waals surface area (Å²) < 4.78 is 208. The average Bonchev–Trinajstić information content (AvgIpc) is 3.27. The van der Waals surface area contributed by atoms with E-state index in [0.717, 1.165) is 23.9 Å². The van der Waals surface area contributed by atoms with Gasteiger partial charge in [-0.25, -0.2) is 0 Å². The first-order valence-corrected chi connectivity index (χ1v) is 23.4. The first-order valence-electron chi connectivity index (χ1n) is 20.1. The number of alkyl halides is 12. The molecule has 0 spiro atoms. The van der Waals surface area contributed by atoms with Crippen molar-refractivity contribution in [2.75, 3.05) is 65.5 Å². The number of para-hydroxylation sites is 1. The predicted octanol–water partition coefficient (Wildman–Crippen LogP) is 12.4. The van der Waals surface area contributed by atoms with Crippen molar-refractivity contribution in [3.63, 3.8) is 0 Å². The maximum atomic E-state index is 14.2. The maximum absolute atomic E-state index is 14.2. The third-order valence-corrected chi connectivity index (χ3v) is 12.7. The van der Waals surface area contributed by atoms with Crippen LogP contribution in [0.25, 0.3) is 27.6 Å². The molecule has 0 saturated heterocycles. The number of anilines is 2. The summed E-state index contributed by atoms with van der Waals surface area (Å²) in [6.07, 6.45) is -20.9. The van der Waals surface area contributed by atoms with Crippen LogP contribution in [-0.4, -0.2) is 68.7 Å². The Morgan fingerprint density at radius 3 is 1.32 bits per heavy atom. The van der Waals surface area contributed by atoms with E-state index in [9.17, 15) is 61.1 Å². The predicted molar refractivity (Wildman–Crippen MR) is 251 cm³/mol. The van der Waals surface area contributed by atoms with E-state index in [2.05, 4.69) is 17.4 Å². The fraction of sp³-hybridized carbons (Fsp3) is 0.250. The van der Waals surface area contributed by atoms with E-state index in [-0.39, 0.29) is 60.5 Å². The van der Waals surface area contributed by atoms with E-state index < -0.39 is 75.6 Å². The third kappa shape index (κ3) is 15.7. The van der Waals surface area contributed by atoms with Crippen molar-refractivity contribution in [2.24, 2.45) is 0 Å². The van der Waals surface area contributed by atoms with Gasteiger partial charge in [-0.2, -0.15) is 66.8 Å². The van der Waals surface area contributed by atoms with Crippen molar-refractivity contribution in [2.45, 2.75) is 24.7 Å². The number of rotatable bonds is 10. The van der Waals surface area contributed by atoms with E-state index in [1.54, 1.807) is 56.2 Å². The van der Waals surface area contributed by atoms with E-state index >= 15 is 0 Å². The van der Waals surface area contributed by atoms with Gasteiger partial charge in [-0.15, -0.1) is 48.5 Å². The van der Waals surface area contributed by atoms with Gasteiger partial charge in [-0.1, -0.05) is 30.3 Å². The number of hydrogen-bond donors (Lipinski definition) is 1. The van der Waals surface area contributed by atoms with E-state index in [4.69, 9.17) is 14.0 Å². The molecule has 0 aliphatic carbocycles. The number of hydrogen-bond acceptors (Lipinski definition) is 6. The van der Waals surface area contributed by atoms with Gasteiger partial charge in [0.1, 0.15) is 24.3 Å². The van der Waals surface area contributed by atoms with Gasteiger partial charge in [-0.3, -0.25) is 4.55 Å². The molecule has 0 fully saturated rings. The Labute approximate surface area is 417 Å². The molecule has 0 aliphatic rings. The molecule has 8 nitrogen and oxygen atoms in total. The fourth-order valence-electron chi connectivity index (χ4n) is 7.04. The smallest absolute Gasteiger partial charge is 0.694 e. The molecular formula is C48H45F12N3O5PPdS+. The Morgan fingerprint density at radius 2 is 0.972 bits per heavy atom. The molecule has 386 valence electrons. The number of ether oxygens (including phenoxy) is 2. The fourth-order valence-corrected chi connectivity index (χ4v) is 10.1. The van der Waals surface area contributed by atoms with Crippen molar-refractivity contribution < 1.29 is 95.6 Å². The van der Waals surface area contributed by atoms with Crippen LogP contribution in [0.2, 0.25) is 0 Å². The van der Waals surface area contributed by atoms with Crippen molar-refractivity contribution in [1.29, 1.82) is 0 Å². The van der Waals surface area contributed by atoms with Crippen LogP contribution in [0, 0.1) is 6.07 Å². The zero-order valence-electron chi connectivity index (χ0n) is 38.7. The normalized spacial score (nSPS) is 11.9. The van der Waals surface area contributed by atoms with Crippen LogP contribution in [0.5, 0.6) is 11.5 Å². The summed E-state index contributed by atoms with van der Waals surface area (Å²) in [7, 11) is 3.16. The van der Waals surface area contributed by atoms with E-state index in [0.29, 0.717) is 41.9 Å². The molecule has 0 unspecified atom stereocenters. The second-order valence-corrected chi connectivity index (χ2v) is 19.3. The van der Waals surface area contributed by atoms with Gasteiger partial charge in [-0.05, 0) is 60.7 Å². The first kappa shape index (κ1) is 59.8. The summed E-state index contributed by atoms with van der Waals surface area (Å²) in [4.78, 5) is 3.24. The quantitative estimate of drug-likeness (QED) is 0.0480. The Bertz CT molecular complexity index is 2690. The van der Waals surface area contributed by atoms with Gasteiger partial charge >= 0.3 is 45.1 Å². The molecule has 0 amide bonds. The van der Waals surface area contributed by atoms with Crippen molar-refractivity contribution in [1.82, 2.24) is 0 Å². The van der Waals surface area contributed by atoms with Crippen LogP contribution in [0.15, 0.2) is 115 Å². The Balaban J connectivity index is 0.000000552. The van der Waals surface area contributed by atoms with Gasteiger partial charge < -0.3 is 24.6 Å². The molecule has 71 heavy (non-hydrogen) atoms. The maximum Gasteiger partial charge on any atom is 2.00 e. The molecule has 0 saturated carbocycles. The minimum atomic E-state index is -5.40. The molecule has 0 aliphatic heterocycles. The molecule has 0 heterocycles. The molecule has 0 radical (unpaired) electrons. The standard InChI is InChI=1S/C34H29F12N2O2P.C13H11N.CH4O3S.Pd/c1-47(2)24-8-7-9-25(48(3)4)28(24)29-26(49-5)10-11-27(50-6)30(29)51(22-14-18(31(35,36)37)12-19(15-22)32(38,39)40)23-16-20(33(41,42)43)13-21(17-23)34(44,45)46;1-14-13-10-6-5-9-12(13)11-7-3-2-4-8-11;1-5(2,3)4;/h7-17H,1-6H3;2-7,9-10H,1H3;1H3,(H,2,3,4);/q;-2;;+2/p+1. The number of benzene rings is 6. The summed E-state index contributed by atoms with van der Waals surface area (Å²) >= 11 is 0. The SMILES string of the molecule is COc1ccc(OC)c([PH+](c2cc(C(F)(F)F)cc(C(F)(F)F)c2)c2cc(C(F)(F)F)cc(C(F)(F)F)c2)c1-c1c(N(C)C)cccc1N(C)C.CS(=O)(=O)O.C[N-]c1ccccc1-c1[c-]cccc1.[Pd+2]. The Hall–Kier alpha value is -5.52. The first-order chi connectivity index (χ1) is 32.3. The third-order valence-electron chi connectivity index (χ3n) is 9.95. The number of halogens is 12. The zero-order valence-corrected chi connectivity index (χ0v) is 42.0. The van der Waals surface area contributed by atoms with Crippen LogP contribution in [0.3, 0.4) is 0 Å². The monoisotopic (exact) mass is 1140 g/mol. The summed E-state index contributed by atoms with van der Waals surface area (Å²) in [6.45, 7) is 0. The molecule has 1 N–H and O–H groups in total. The van der Waals surface area contributed by atoms with Crippen LogP contribution in [0.1, 0.15) is 22.3 Å². The van der Waals surface area contributed by atoms with Gasteiger partial charge in [0, 0.05) is 45.1 Å². The van der Waals surface area contributed by atoms with Crippen molar-refractivity contribution in [3.05, 3.63) is 149 Å². The topological polar surface area (TPSA) is 93.4 Å². The molecule has 6 aromatic rings. The van der Waals surface area contributed by atoms with Crippen LogP contribution in [-0.2, 0) is 55.2 Å². The molecule has 23 heteroatoms. The van der Waals surface area contributed by atoms with Gasteiger partial charge in [0.15, 0.2) is 11.1 Å². The minimum Gasteiger partial charge on any atom is -0.694 e. The average molecular weight is 1140 g/mol. The van der Waals surface area contributed by atoms with E-state index in [1.165, 1.54) is 19.2 Å². The number of nitrogens with zero attached hydrogens (tertiary/aromatic N) is 3. The summed E-state index contributed by atoms with van der Waals surface area (Å²) in [5, 5.41) is 2.32. The summed E-state index contributed by atoms with van der Waals surface area (Å²) in [5.74, 6) is -0.286. The molecule has 6 aromatic carbocycles. The van der Waals surface area contributed by atoms with Gasteiger partial charge in [0.2, 0.25) is 0 Å². The summed E-state index contributed by atoms with van der Waals surface area (Å²) in [5.41, 5.74) is -2.98. The minimum absolute atomic E-state index is 0.